The number of carboxylic acid groups (broad SMARTS) is 1. The maximum absolute atomic E-state index is 13.5. The molecule has 0 bridgehead atoms. The lowest BCUT2D eigenvalue weighted by Crippen LogP contribution is -2.54. The Labute approximate surface area is 227 Å². The van der Waals surface area contributed by atoms with E-state index in [4.69, 9.17) is 9.47 Å². The summed E-state index contributed by atoms with van der Waals surface area (Å²) in [6.45, 7) is 5.21. The highest BCUT2D eigenvalue weighted by atomic mass is 16.6. The van der Waals surface area contributed by atoms with Gasteiger partial charge < -0.3 is 19.6 Å². The molecule has 9 heteroatoms. The first-order chi connectivity index (χ1) is 18.6. The Morgan fingerprint density at radius 1 is 1.03 bits per heavy atom. The molecular formula is C30H33N3O6. The molecular weight excluding hydrogens is 498 g/mol. The van der Waals surface area contributed by atoms with Gasteiger partial charge in [-0.2, -0.15) is 0 Å². The van der Waals surface area contributed by atoms with Crippen molar-refractivity contribution in [3.05, 3.63) is 83.7 Å². The van der Waals surface area contributed by atoms with Crippen LogP contribution in [0.2, 0.25) is 0 Å². The van der Waals surface area contributed by atoms with Crippen molar-refractivity contribution in [2.24, 2.45) is 0 Å². The first-order valence-electron chi connectivity index (χ1n) is 13.0. The number of hydrogen-bond donors (Lipinski definition) is 3. The number of hydrogen-bond acceptors (Lipinski definition) is 6. The molecule has 1 aliphatic heterocycles. The van der Waals surface area contributed by atoms with E-state index in [0.717, 1.165) is 27.9 Å². The van der Waals surface area contributed by atoms with Gasteiger partial charge in [0.1, 0.15) is 23.8 Å². The summed E-state index contributed by atoms with van der Waals surface area (Å²) in [5, 5.41) is 13.3. The third-order valence-electron chi connectivity index (χ3n) is 7.30. The van der Waals surface area contributed by atoms with Crippen molar-refractivity contribution < 1.29 is 29.0 Å². The maximum Gasteiger partial charge on any atom is 0.410 e. The monoisotopic (exact) mass is 531 g/mol. The molecule has 2 heterocycles. The molecule has 2 aliphatic rings. The fourth-order valence-corrected chi connectivity index (χ4v) is 5.46. The standard InChI is InChI=1S/C30H33N3O6/c1-29(2,3)39-26(34)25-15-30(27(35)36,32-16-19-9-8-14-31-19)18-33(25)28(37)38-17-24-22-12-6-4-10-20(22)21-11-5-7-13-23(21)24/h4-14,24-25,31-32H,15-18H2,1-3H3,(H,35,36). The highest BCUT2D eigenvalue weighted by Crippen LogP contribution is 2.44. The average molecular weight is 532 g/mol. The van der Waals surface area contributed by atoms with E-state index < -0.39 is 35.2 Å². The lowest BCUT2D eigenvalue weighted by molar-refractivity contribution is -0.159. The van der Waals surface area contributed by atoms with Crippen LogP contribution in [0, 0.1) is 0 Å². The molecule has 0 spiro atoms. The third-order valence-corrected chi connectivity index (χ3v) is 7.30. The Bertz CT molecular complexity index is 1330. The smallest absolute Gasteiger partial charge is 0.410 e. The molecule has 39 heavy (non-hydrogen) atoms. The van der Waals surface area contributed by atoms with E-state index in [1.807, 2.05) is 60.7 Å². The number of nitrogens with one attached hydrogen (secondary N) is 2. The van der Waals surface area contributed by atoms with Crippen molar-refractivity contribution in [2.75, 3.05) is 13.2 Å². The van der Waals surface area contributed by atoms with Crippen molar-refractivity contribution in [2.45, 2.75) is 56.8 Å². The van der Waals surface area contributed by atoms with Crippen molar-refractivity contribution in [3.8, 4) is 11.1 Å². The van der Waals surface area contributed by atoms with Crippen LogP contribution in [0.15, 0.2) is 66.9 Å². The minimum absolute atomic E-state index is 0.0559. The minimum atomic E-state index is -1.56. The lowest BCUT2D eigenvalue weighted by Gasteiger charge is -2.27. The summed E-state index contributed by atoms with van der Waals surface area (Å²) in [4.78, 5) is 43.5. The van der Waals surface area contributed by atoms with Crippen molar-refractivity contribution >= 4 is 18.0 Å². The summed E-state index contributed by atoms with van der Waals surface area (Å²) < 4.78 is 11.4. The lowest BCUT2D eigenvalue weighted by atomic mass is 9.95. The summed E-state index contributed by atoms with van der Waals surface area (Å²) in [5.74, 6) is -1.99. The first kappa shape index (κ1) is 26.5. The Morgan fingerprint density at radius 2 is 1.67 bits per heavy atom. The van der Waals surface area contributed by atoms with E-state index in [1.165, 1.54) is 4.90 Å². The van der Waals surface area contributed by atoms with Crippen molar-refractivity contribution in [1.29, 1.82) is 0 Å². The van der Waals surface area contributed by atoms with Gasteiger partial charge in [-0.25, -0.2) is 9.59 Å². The molecule has 0 radical (unpaired) electrons. The maximum atomic E-state index is 13.5. The predicted octanol–water partition coefficient (Wildman–Crippen LogP) is 4.29. The van der Waals surface area contributed by atoms with Gasteiger partial charge in [0.15, 0.2) is 0 Å². The largest absolute Gasteiger partial charge is 0.480 e. The van der Waals surface area contributed by atoms with E-state index in [-0.39, 0.29) is 32.0 Å². The summed E-state index contributed by atoms with van der Waals surface area (Å²) in [5.41, 5.74) is 2.73. The zero-order valence-electron chi connectivity index (χ0n) is 22.3. The summed E-state index contributed by atoms with van der Waals surface area (Å²) in [6.07, 6.45) is 0.839. The van der Waals surface area contributed by atoms with Crippen LogP contribution in [0.1, 0.15) is 49.9 Å². The highest BCUT2D eigenvalue weighted by molar-refractivity contribution is 5.88. The molecule has 3 N–H and O–H groups in total. The van der Waals surface area contributed by atoms with E-state index in [0.29, 0.717) is 0 Å². The summed E-state index contributed by atoms with van der Waals surface area (Å²) in [6, 6.07) is 18.5. The second-order valence-electron chi connectivity index (χ2n) is 11.1. The molecule has 1 fully saturated rings. The van der Waals surface area contributed by atoms with E-state index >= 15 is 0 Å². The van der Waals surface area contributed by atoms with Gasteiger partial charge in [-0.05, 0) is 55.2 Å². The molecule has 3 aromatic rings. The zero-order chi connectivity index (χ0) is 27.8. The van der Waals surface area contributed by atoms with Crippen LogP contribution >= 0.6 is 0 Å². The van der Waals surface area contributed by atoms with Crippen LogP contribution in [0.25, 0.3) is 11.1 Å². The molecule has 1 aliphatic carbocycles. The van der Waals surface area contributed by atoms with E-state index in [9.17, 15) is 19.5 Å². The van der Waals surface area contributed by atoms with Gasteiger partial charge in [0.2, 0.25) is 0 Å². The fraction of sp³-hybridized carbons (Fsp3) is 0.367. The summed E-state index contributed by atoms with van der Waals surface area (Å²) >= 11 is 0. The number of fused-ring (bicyclic) bond motifs is 3. The minimum Gasteiger partial charge on any atom is -0.480 e. The number of likely N-dealkylation sites (tertiary alicyclic amines) is 1. The molecule has 0 saturated carbocycles. The normalized spacial score (nSPS) is 20.4. The van der Waals surface area contributed by atoms with Crippen molar-refractivity contribution in [1.82, 2.24) is 15.2 Å². The number of ether oxygens (including phenoxy) is 2. The molecule has 1 aromatic heterocycles. The third kappa shape index (κ3) is 5.27. The van der Waals surface area contributed by atoms with Crippen LogP contribution < -0.4 is 5.32 Å². The molecule has 9 nitrogen and oxygen atoms in total. The molecule has 204 valence electrons. The van der Waals surface area contributed by atoms with Crippen LogP contribution in [0.4, 0.5) is 4.79 Å². The number of carbonyl (C=O) groups is 3. The number of esters is 1. The first-order valence-corrected chi connectivity index (χ1v) is 13.0. The van der Waals surface area contributed by atoms with Crippen LogP contribution in [0.5, 0.6) is 0 Å². The van der Waals surface area contributed by atoms with Gasteiger partial charge in [-0.1, -0.05) is 48.5 Å². The quantitative estimate of drug-likeness (QED) is 0.389. The Hall–Kier alpha value is -4.11. The van der Waals surface area contributed by atoms with Gasteiger partial charge in [0.05, 0.1) is 6.54 Å². The van der Waals surface area contributed by atoms with E-state index in [1.54, 1.807) is 27.0 Å². The van der Waals surface area contributed by atoms with Crippen LogP contribution in [-0.4, -0.2) is 63.4 Å². The second kappa shape index (κ2) is 10.2. The van der Waals surface area contributed by atoms with Gasteiger partial charge in [-0.15, -0.1) is 0 Å². The number of aliphatic carboxylic acids is 1. The van der Waals surface area contributed by atoms with Gasteiger partial charge in [-0.3, -0.25) is 15.0 Å². The second-order valence-corrected chi connectivity index (χ2v) is 11.1. The molecule has 2 unspecified atom stereocenters. The summed E-state index contributed by atoms with van der Waals surface area (Å²) in [7, 11) is 0. The van der Waals surface area contributed by atoms with Crippen molar-refractivity contribution in [3.63, 3.8) is 0 Å². The predicted molar refractivity (Wildman–Crippen MR) is 144 cm³/mol. The number of H-pyrrole nitrogens is 1. The van der Waals surface area contributed by atoms with Gasteiger partial charge in [0.25, 0.3) is 0 Å². The van der Waals surface area contributed by atoms with Gasteiger partial charge >= 0.3 is 18.0 Å². The average Bonchev–Trinajstić information content (AvgIpc) is 3.62. The number of benzene rings is 2. The number of carboxylic acids is 1. The molecule has 2 atom stereocenters. The number of carbonyl (C=O) groups excluding carboxylic acids is 2. The molecule has 1 saturated heterocycles. The number of nitrogens with zero attached hydrogens (tertiary/aromatic N) is 1. The fourth-order valence-electron chi connectivity index (χ4n) is 5.46. The number of aromatic nitrogens is 1. The van der Waals surface area contributed by atoms with Crippen LogP contribution in [0.3, 0.4) is 0 Å². The Kier molecular flexibility index (Phi) is 6.94. The molecule has 5 rings (SSSR count). The molecule has 1 amide bonds. The number of rotatable bonds is 7. The number of aromatic amines is 1. The van der Waals surface area contributed by atoms with E-state index in [2.05, 4.69) is 10.3 Å². The number of amides is 1. The topological polar surface area (TPSA) is 121 Å². The van der Waals surface area contributed by atoms with Crippen LogP contribution in [-0.2, 0) is 25.6 Å². The Balaban J connectivity index is 1.38. The Morgan fingerprint density at radius 3 is 2.23 bits per heavy atom. The molecule has 2 aromatic carbocycles. The highest BCUT2D eigenvalue weighted by Gasteiger charge is 2.55. The zero-order valence-corrected chi connectivity index (χ0v) is 22.3. The van der Waals surface area contributed by atoms with Gasteiger partial charge in [0, 0.05) is 30.8 Å². The SMILES string of the molecule is CC(C)(C)OC(=O)C1CC(NCc2ccc[nH]2)(C(=O)O)CN1C(=O)OCC1c2ccccc2-c2ccccc21.